The van der Waals surface area contributed by atoms with Gasteiger partial charge in [0.1, 0.15) is 0 Å². The van der Waals surface area contributed by atoms with Gasteiger partial charge < -0.3 is 14.6 Å². The fraction of sp³-hybridized carbons (Fsp3) is 0.438. The number of ether oxygens (including phenoxy) is 1. The van der Waals surface area contributed by atoms with Crippen LogP contribution >= 0.6 is 0 Å². The van der Waals surface area contributed by atoms with E-state index < -0.39 is 0 Å². The highest BCUT2D eigenvalue weighted by atomic mass is 16.5. The predicted molar refractivity (Wildman–Crippen MR) is 81.0 cm³/mol. The van der Waals surface area contributed by atoms with E-state index in [9.17, 15) is 4.79 Å². The van der Waals surface area contributed by atoms with E-state index in [2.05, 4.69) is 5.32 Å². The Balaban J connectivity index is 1.87. The van der Waals surface area contributed by atoms with Gasteiger partial charge in [0, 0.05) is 42.9 Å². The normalized spacial score (nSPS) is 11.2. The van der Waals surface area contributed by atoms with Gasteiger partial charge in [-0.25, -0.2) is 0 Å². The molecule has 0 bridgehead atoms. The van der Waals surface area contributed by atoms with E-state index in [-0.39, 0.29) is 12.0 Å². The van der Waals surface area contributed by atoms with Crippen molar-refractivity contribution in [3.8, 4) is 0 Å². The monoisotopic (exact) mass is 274 g/mol. The first-order valence-electron chi connectivity index (χ1n) is 7.03. The molecule has 0 aliphatic carbocycles. The number of carbonyl (C=O) groups is 1. The van der Waals surface area contributed by atoms with E-state index in [1.54, 1.807) is 0 Å². The molecule has 0 aliphatic heterocycles. The maximum absolute atomic E-state index is 12.0. The summed E-state index contributed by atoms with van der Waals surface area (Å²) >= 11 is 0. The van der Waals surface area contributed by atoms with Gasteiger partial charge in [0.25, 0.3) is 5.91 Å². The number of nitrogens with one attached hydrogen (secondary N) is 1. The van der Waals surface area contributed by atoms with Crippen molar-refractivity contribution >= 4 is 16.8 Å². The second-order valence-electron chi connectivity index (χ2n) is 5.23. The van der Waals surface area contributed by atoms with Gasteiger partial charge in [0.2, 0.25) is 0 Å². The van der Waals surface area contributed by atoms with E-state index in [0.717, 1.165) is 17.3 Å². The predicted octanol–water partition coefficient (Wildman–Crippen LogP) is 2.72. The molecule has 0 unspecified atom stereocenters. The molecule has 0 atom stereocenters. The first-order valence-corrected chi connectivity index (χ1v) is 7.03. The van der Waals surface area contributed by atoms with Crippen molar-refractivity contribution in [2.75, 3.05) is 13.2 Å². The summed E-state index contributed by atoms with van der Waals surface area (Å²) in [6.07, 6.45) is 3.07. The molecule has 0 radical (unpaired) electrons. The third-order valence-electron chi connectivity index (χ3n) is 3.21. The quantitative estimate of drug-likeness (QED) is 0.823. The lowest BCUT2D eigenvalue weighted by Crippen LogP contribution is -2.25. The number of amides is 1. The van der Waals surface area contributed by atoms with Gasteiger partial charge in [0.05, 0.1) is 6.10 Å². The second kappa shape index (κ2) is 6.57. The molecule has 4 nitrogen and oxygen atoms in total. The molecule has 20 heavy (non-hydrogen) atoms. The number of aryl methyl sites for hydroxylation is 1. The lowest BCUT2D eigenvalue weighted by Gasteiger charge is -2.08. The van der Waals surface area contributed by atoms with Gasteiger partial charge in [0.15, 0.2) is 0 Å². The van der Waals surface area contributed by atoms with Gasteiger partial charge >= 0.3 is 0 Å². The van der Waals surface area contributed by atoms with Crippen molar-refractivity contribution in [3.63, 3.8) is 0 Å². The Kier molecular flexibility index (Phi) is 4.79. The third-order valence-corrected chi connectivity index (χ3v) is 3.21. The average Bonchev–Trinajstić information content (AvgIpc) is 2.79. The van der Waals surface area contributed by atoms with E-state index in [1.165, 1.54) is 0 Å². The van der Waals surface area contributed by atoms with Crippen LogP contribution in [0, 0.1) is 0 Å². The van der Waals surface area contributed by atoms with Crippen molar-refractivity contribution in [2.24, 2.45) is 7.05 Å². The zero-order valence-electron chi connectivity index (χ0n) is 12.3. The molecule has 0 saturated carbocycles. The van der Waals surface area contributed by atoms with Crippen LogP contribution in [0.3, 0.4) is 0 Å². The summed E-state index contributed by atoms with van der Waals surface area (Å²) in [7, 11) is 2.00. The minimum absolute atomic E-state index is 0.0275. The highest BCUT2D eigenvalue weighted by Crippen LogP contribution is 2.16. The molecular weight excluding hydrogens is 252 g/mol. The standard InChI is InChI=1S/C16H22N2O2/c1-12(2)20-10-4-8-17-16(19)14-5-6-15-13(11-14)7-9-18(15)3/h5-7,9,11-12H,4,8,10H2,1-3H3,(H,17,19). The molecule has 0 saturated heterocycles. The number of carbonyl (C=O) groups excluding carboxylic acids is 1. The summed E-state index contributed by atoms with van der Waals surface area (Å²) in [6.45, 7) is 5.33. The average molecular weight is 274 g/mol. The molecule has 0 spiro atoms. The van der Waals surface area contributed by atoms with E-state index in [1.807, 2.05) is 55.9 Å². The fourth-order valence-corrected chi connectivity index (χ4v) is 2.12. The number of hydrogen-bond acceptors (Lipinski definition) is 2. The molecule has 1 N–H and O–H groups in total. The molecule has 0 aliphatic rings. The number of hydrogen-bond donors (Lipinski definition) is 1. The Labute approximate surface area is 119 Å². The summed E-state index contributed by atoms with van der Waals surface area (Å²) in [5.74, 6) is -0.0275. The molecule has 1 heterocycles. The summed E-state index contributed by atoms with van der Waals surface area (Å²) < 4.78 is 7.48. The minimum Gasteiger partial charge on any atom is -0.379 e. The van der Waals surface area contributed by atoms with Gasteiger partial charge in [-0.2, -0.15) is 0 Å². The van der Waals surface area contributed by atoms with Crippen LogP contribution in [0.2, 0.25) is 0 Å². The summed E-state index contributed by atoms with van der Waals surface area (Å²) in [4.78, 5) is 12.0. The summed E-state index contributed by atoms with van der Waals surface area (Å²) in [6, 6.07) is 7.78. The van der Waals surface area contributed by atoms with Gasteiger partial charge in [-0.05, 0) is 44.5 Å². The Hall–Kier alpha value is -1.81. The lowest BCUT2D eigenvalue weighted by molar-refractivity contribution is 0.0757. The van der Waals surface area contributed by atoms with Crippen molar-refractivity contribution < 1.29 is 9.53 Å². The molecule has 2 rings (SSSR count). The van der Waals surface area contributed by atoms with Crippen LogP contribution in [0.25, 0.3) is 10.9 Å². The topological polar surface area (TPSA) is 43.3 Å². The second-order valence-corrected chi connectivity index (χ2v) is 5.23. The summed E-state index contributed by atoms with van der Waals surface area (Å²) in [5, 5.41) is 4.00. The molecule has 4 heteroatoms. The van der Waals surface area contributed by atoms with Crippen LogP contribution in [0.5, 0.6) is 0 Å². The molecule has 108 valence electrons. The molecule has 1 aromatic heterocycles. The van der Waals surface area contributed by atoms with Crippen LogP contribution < -0.4 is 5.32 Å². The fourth-order valence-electron chi connectivity index (χ4n) is 2.12. The van der Waals surface area contributed by atoms with Gasteiger partial charge in [-0.1, -0.05) is 0 Å². The first kappa shape index (κ1) is 14.6. The zero-order chi connectivity index (χ0) is 14.5. The van der Waals surface area contributed by atoms with Crippen molar-refractivity contribution in [2.45, 2.75) is 26.4 Å². The van der Waals surface area contributed by atoms with E-state index in [4.69, 9.17) is 4.74 Å². The molecule has 2 aromatic rings. The Bertz CT molecular complexity index is 587. The van der Waals surface area contributed by atoms with Crippen LogP contribution in [0.15, 0.2) is 30.5 Å². The smallest absolute Gasteiger partial charge is 0.251 e. The Morgan fingerprint density at radius 2 is 2.15 bits per heavy atom. The van der Waals surface area contributed by atoms with Crippen LogP contribution in [-0.2, 0) is 11.8 Å². The Morgan fingerprint density at radius 3 is 2.90 bits per heavy atom. The first-order chi connectivity index (χ1) is 9.58. The molecule has 0 fully saturated rings. The number of benzene rings is 1. The third kappa shape index (κ3) is 3.61. The number of fused-ring (bicyclic) bond motifs is 1. The van der Waals surface area contributed by atoms with Crippen LogP contribution in [0.1, 0.15) is 30.6 Å². The summed E-state index contributed by atoms with van der Waals surface area (Å²) in [5.41, 5.74) is 1.83. The molecular formula is C16H22N2O2. The van der Waals surface area contributed by atoms with Crippen LogP contribution in [0.4, 0.5) is 0 Å². The highest BCUT2D eigenvalue weighted by Gasteiger charge is 2.07. The van der Waals surface area contributed by atoms with Crippen molar-refractivity contribution in [1.82, 2.24) is 9.88 Å². The van der Waals surface area contributed by atoms with Crippen LogP contribution in [-0.4, -0.2) is 29.7 Å². The SMILES string of the molecule is CC(C)OCCCNC(=O)c1ccc2c(ccn2C)c1. The lowest BCUT2D eigenvalue weighted by atomic mass is 10.1. The highest BCUT2D eigenvalue weighted by molar-refractivity contribution is 5.98. The maximum Gasteiger partial charge on any atom is 0.251 e. The van der Waals surface area contributed by atoms with Crippen molar-refractivity contribution in [3.05, 3.63) is 36.0 Å². The maximum atomic E-state index is 12.0. The van der Waals surface area contributed by atoms with Crippen molar-refractivity contribution in [1.29, 1.82) is 0 Å². The van der Waals surface area contributed by atoms with E-state index >= 15 is 0 Å². The minimum atomic E-state index is -0.0275. The molecule has 1 aromatic carbocycles. The molecule has 1 amide bonds. The number of aromatic nitrogens is 1. The van der Waals surface area contributed by atoms with E-state index in [0.29, 0.717) is 18.7 Å². The number of rotatable bonds is 6. The van der Waals surface area contributed by atoms with Gasteiger partial charge in [-0.3, -0.25) is 4.79 Å². The largest absolute Gasteiger partial charge is 0.379 e. The number of nitrogens with zero attached hydrogens (tertiary/aromatic N) is 1. The van der Waals surface area contributed by atoms with Gasteiger partial charge in [-0.15, -0.1) is 0 Å². The zero-order valence-corrected chi connectivity index (χ0v) is 12.3. The Morgan fingerprint density at radius 1 is 1.35 bits per heavy atom.